The molecule has 1 aromatic rings. The van der Waals surface area contributed by atoms with Crippen LogP contribution < -0.4 is 4.72 Å². The van der Waals surface area contributed by atoms with E-state index in [-0.39, 0.29) is 17.0 Å². The second-order valence-electron chi connectivity index (χ2n) is 4.78. The Balaban J connectivity index is 2.18. The summed E-state index contributed by atoms with van der Waals surface area (Å²) in [5, 5.41) is 10.5. The maximum atomic E-state index is 12.1. The quantitative estimate of drug-likeness (QED) is 0.881. The molecule has 2 N–H and O–H groups in total. The predicted molar refractivity (Wildman–Crippen MR) is 67.4 cm³/mol. The standard InChI is InChI=1S/C11H17NO3S2/c1-11(4-2-3-5-11)12-17(14,15)10-6-9(7-13)16-8-10/h6,8,12-13H,2-5,7H2,1H3. The van der Waals surface area contributed by atoms with Crippen molar-refractivity contribution in [3.05, 3.63) is 16.3 Å². The van der Waals surface area contributed by atoms with Gasteiger partial charge in [0.1, 0.15) is 0 Å². The number of rotatable bonds is 4. The molecule has 0 bridgehead atoms. The van der Waals surface area contributed by atoms with Crippen LogP contribution in [-0.2, 0) is 16.6 Å². The topological polar surface area (TPSA) is 66.4 Å². The maximum absolute atomic E-state index is 12.1. The Labute approximate surface area is 106 Å². The van der Waals surface area contributed by atoms with Gasteiger partial charge < -0.3 is 5.11 Å². The molecule has 2 rings (SSSR count). The van der Waals surface area contributed by atoms with Gasteiger partial charge >= 0.3 is 0 Å². The van der Waals surface area contributed by atoms with Crippen LogP contribution in [0.5, 0.6) is 0 Å². The minimum atomic E-state index is -3.44. The van der Waals surface area contributed by atoms with Gasteiger partial charge in [0.2, 0.25) is 10.0 Å². The average Bonchev–Trinajstić information content (AvgIpc) is 2.85. The molecule has 0 amide bonds. The van der Waals surface area contributed by atoms with Gasteiger partial charge in [-0.2, -0.15) is 0 Å². The summed E-state index contributed by atoms with van der Waals surface area (Å²) in [5.41, 5.74) is -0.305. The molecule has 1 aliphatic carbocycles. The third-order valence-electron chi connectivity index (χ3n) is 3.18. The van der Waals surface area contributed by atoms with Gasteiger partial charge in [-0.3, -0.25) is 0 Å². The zero-order valence-corrected chi connectivity index (χ0v) is 11.4. The van der Waals surface area contributed by atoms with Crippen molar-refractivity contribution in [3.63, 3.8) is 0 Å². The van der Waals surface area contributed by atoms with Gasteiger partial charge in [0.25, 0.3) is 0 Å². The molecular formula is C11H17NO3S2. The Kier molecular flexibility index (Phi) is 3.58. The molecule has 6 heteroatoms. The highest BCUT2D eigenvalue weighted by atomic mass is 32.2. The zero-order valence-electron chi connectivity index (χ0n) is 9.77. The van der Waals surface area contributed by atoms with Gasteiger partial charge in [0.15, 0.2) is 0 Å². The number of aliphatic hydroxyl groups is 1. The lowest BCUT2D eigenvalue weighted by molar-refractivity contribution is 0.285. The van der Waals surface area contributed by atoms with E-state index in [1.165, 1.54) is 17.4 Å². The lowest BCUT2D eigenvalue weighted by Gasteiger charge is -2.24. The van der Waals surface area contributed by atoms with Crippen LogP contribution in [0.15, 0.2) is 16.3 Å². The number of aliphatic hydroxyl groups excluding tert-OH is 1. The minimum Gasteiger partial charge on any atom is -0.391 e. The fourth-order valence-corrected chi connectivity index (χ4v) is 4.82. The fraction of sp³-hybridized carbons (Fsp3) is 0.636. The molecule has 17 heavy (non-hydrogen) atoms. The van der Waals surface area contributed by atoms with Gasteiger partial charge in [-0.15, -0.1) is 11.3 Å². The van der Waals surface area contributed by atoms with E-state index >= 15 is 0 Å². The van der Waals surface area contributed by atoms with Crippen molar-refractivity contribution in [1.82, 2.24) is 4.72 Å². The van der Waals surface area contributed by atoms with E-state index in [4.69, 9.17) is 5.11 Å². The molecule has 0 radical (unpaired) electrons. The van der Waals surface area contributed by atoms with Crippen molar-refractivity contribution in [1.29, 1.82) is 0 Å². The molecule has 0 unspecified atom stereocenters. The molecule has 0 aromatic carbocycles. The molecule has 1 aliphatic rings. The molecule has 0 aliphatic heterocycles. The van der Waals surface area contributed by atoms with Crippen molar-refractivity contribution in [2.75, 3.05) is 0 Å². The Morgan fingerprint density at radius 3 is 2.65 bits per heavy atom. The number of nitrogens with one attached hydrogen (secondary N) is 1. The Morgan fingerprint density at radius 2 is 2.12 bits per heavy atom. The summed E-state index contributed by atoms with van der Waals surface area (Å²) >= 11 is 1.26. The SMILES string of the molecule is CC1(NS(=O)(=O)c2csc(CO)c2)CCCC1. The molecule has 96 valence electrons. The van der Waals surface area contributed by atoms with Crippen LogP contribution in [0.3, 0.4) is 0 Å². The van der Waals surface area contributed by atoms with Gasteiger partial charge in [0.05, 0.1) is 11.5 Å². The van der Waals surface area contributed by atoms with Crippen molar-refractivity contribution in [3.8, 4) is 0 Å². The highest BCUT2D eigenvalue weighted by Gasteiger charge is 2.33. The van der Waals surface area contributed by atoms with Crippen LogP contribution in [0.25, 0.3) is 0 Å². The summed E-state index contributed by atoms with van der Waals surface area (Å²) in [6.45, 7) is 1.84. The highest BCUT2D eigenvalue weighted by Crippen LogP contribution is 2.31. The van der Waals surface area contributed by atoms with Crippen LogP contribution in [-0.4, -0.2) is 19.1 Å². The number of hydrogen-bond acceptors (Lipinski definition) is 4. The second kappa shape index (κ2) is 4.68. The molecule has 4 nitrogen and oxygen atoms in total. The average molecular weight is 275 g/mol. The van der Waals surface area contributed by atoms with Gasteiger partial charge in [0, 0.05) is 15.8 Å². The van der Waals surface area contributed by atoms with Gasteiger partial charge in [-0.25, -0.2) is 13.1 Å². The Morgan fingerprint density at radius 1 is 1.47 bits per heavy atom. The lowest BCUT2D eigenvalue weighted by atomic mass is 10.0. The first-order valence-corrected chi connectivity index (χ1v) is 8.04. The van der Waals surface area contributed by atoms with E-state index in [1.807, 2.05) is 6.92 Å². The lowest BCUT2D eigenvalue weighted by Crippen LogP contribution is -2.43. The largest absolute Gasteiger partial charge is 0.391 e. The van der Waals surface area contributed by atoms with Crippen molar-refractivity contribution >= 4 is 21.4 Å². The van der Waals surface area contributed by atoms with E-state index in [9.17, 15) is 8.42 Å². The van der Waals surface area contributed by atoms with E-state index in [2.05, 4.69) is 4.72 Å². The van der Waals surface area contributed by atoms with Crippen molar-refractivity contribution in [2.24, 2.45) is 0 Å². The summed E-state index contributed by atoms with van der Waals surface area (Å²) in [5.74, 6) is 0. The summed E-state index contributed by atoms with van der Waals surface area (Å²) < 4.78 is 27.1. The maximum Gasteiger partial charge on any atom is 0.241 e. The Hall–Kier alpha value is -0.430. The summed E-state index contributed by atoms with van der Waals surface area (Å²) in [7, 11) is -3.44. The second-order valence-corrected chi connectivity index (χ2v) is 7.46. The van der Waals surface area contributed by atoms with Gasteiger partial charge in [-0.1, -0.05) is 12.8 Å². The van der Waals surface area contributed by atoms with Crippen LogP contribution in [0.4, 0.5) is 0 Å². The normalized spacial score (nSPS) is 19.6. The van der Waals surface area contributed by atoms with E-state index in [0.717, 1.165) is 25.7 Å². The van der Waals surface area contributed by atoms with Crippen LogP contribution >= 0.6 is 11.3 Å². The van der Waals surface area contributed by atoms with Crippen molar-refractivity contribution < 1.29 is 13.5 Å². The van der Waals surface area contributed by atoms with E-state index in [0.29, 0.717) is 4.88 Å². The number of hydrogen-bond donors (Lipinski definition) is 2. The van der Waals surface area contributed by atoms with E-state index in [1.54, 1.807) is 5.38 Å². The smallest absolute Gasteiger partial charge is 0.241 e. The zero-order chi connectivity index (χ0) is 12.5. The first-order valence-electron chi connectivity index (χ1n) is 5.67. The summed E-state index contributed by atoms with van der Waals surface area (Å²) in [4.78, 5) is 0.932. The molecular weight excluding hydrogens is 258 g/mol. The predicted octanol–water partition coefficient (Wildman–Crippen LogP) is 1.85. The van der Waals surface area contributed by atoms with Crippen LogP contribution in [0.2, 0.25) is 0 Å². The van der Waals surface area contributed by atoms with Gasteiger partial charge in [-0.05, 0) is 25.8 Å². The molecule has 1 fully saturated rings. The summed E-state index contributed by atoms with van der Waals surface area (Å²) in [6, 6.07) is 1.53. The minimum absolute atomic E-state index is 0.114. The molecule has 1 aromatic heterocycles. The third kappa shape index (κ3) is 2.88. The van der Waals surface area contributed by atoms with E-state index < -0.39 is 10.0 Å². The van der Waals surface area contributed by atoms with Crippen molar-refractivity contribution in [2.45, 2.75) is 49.6 Å². The number of sulfonamides is 1. The van der Waals surface area contributed by atoms with Crippen LogP contribution in [0, 0.1) is 0 Å². The molecule has 1 heterocycles. The monoisotopic (exact) mass is 275 g/mol. The third-order valence-corrected chi connectivity index (χ3v) is 5.87. The molecule has 1 saturated carbocycles. The number of thiophene rings is 1. The van der Waals surface area contributed by atoms with Crippen LogP contribution in [0.1, 0.15) is 37.5 Å². The first-order chi connectivity index (χ1) is 7.95. The Bertz CT molecular complexity index is 487. The highest BCUT2D eigenvalue weighted by molar-refractivity contribution is 7.89. The molecule has 0 atom stereocenters. The first kappa shape index (κ1) is 13.0. The summed E-state index contributed by atoms with van der Waals surface area (Å²) in [6.07, 6.45) is 3.93. The fourth-order valence-electron chi connectivity index (χ4n) is 2.23. The molecule has 0 spiro atoms. The molecule has 0 saturated heterocycles.